The number of aromatic nitrogens is 1. The fraction of sp³-hybridized carbons (Fsp3) is 0.237. The molecule has 310 valence electrons. The van der Waals surface area contributed by atoms with Crippen molar-refractivity contribution in [2.75, 3.05) is 4.90 Å². The van der Waals surface area contributed by atoms with Gasteiger partial charge < -0.3 is 9.47 Å². The molecule has 0 spiro atoms. The molecule has 1 aliphatic heterocycles. The van der Waals surface area contributed by atoms with Gasteiger partial charge in [0.15, 0.2) is 0 Å². The number of aliphatic imine (C=N–C) groups is 1. The van der Waals surface area contributed by atoms with Gasteiger partial charge in [0, 0.05) is 64.5 Å². The lowest BCUT2D eigenvalue weighted by Crippen LogP contribution is -2.27. The second kappa shape index (κ2) is 16.3. The van der Waals surface area contributed by atoms with Crippen LogP contribution in [-0.4, -0.2) is 10.8 Å². The van der Waals surface area contributed by atoms with Crippen LogP contribution in [0.5, 0.6) is 0 Å². The van der Waals surface area contributed by atoms with Gasteiger partial charge in [0.05, 0.1) is 5.69 Å². The molecule has 0 saturated heterocycles. The van der Waals surface area contributed by atoms with Crippen LogP contribution in [0.1, 0.15) is 101 Å². The zero-order valence-electron chi connectivity index (χ0n) is 36.0. The molecule has 12 rings (SSSR count). The number of para-hydroxylation sites is 1. The van der Waals surface area contributed by atoms with Crippen molar-refractivity contribution < 1.29 is 0 Å². The number of hydrogen-bond donors (Lipinski definition) is 1. The van der Waals surface area contributed by atoms with E-state index in [1.807, 2.05) is 0 Å². The summed E-state index contributed by atoms with van der Waals surface area (Å²) in [7, 11) is 0. The van der Waals surface area contributed by atoms with Crippen LogP contribution in [0.3, 0.4) is 0 Å². The first-order valence-corrected chi connectivity index (χ1v) is 23.4. The molecule has 4 heteroatoms. The molecule has 8 aliphatic rings. The molecule has 4 nitrogen and oxygen atoms in total. The molecular formula is C59H54N4. The van der Waals surface area contributed by atoms with Crippen LogP contribution in [0.25, 0.3) is 23.9 Å². The second-order valence-corrected chi connectivity index (χ2v) is 18.3. The van der Waals surface area contributed by atoms with Crippen LogP contribution in [0, 0.1) is 11.8 Å². The Bertz CT molecular complexity index is 2900. The van der Waals surface area contributed by atoms with Crippen molar-refractivity contribution in [1.82, 2.24) is 9.88 Å². The van der Waals surface area contributed by atoms with E-state index in [2.05, 4.69) is 191 Å². The Hall–Kier alpha value is -6.49. The number of benzene rings is 3. The quantitative estimate of drug-likeness (QED) is 0.171. The fourth-order valence-corrected chi connectivity index (χ4v) is 11.5. The van der Waals surface area contributed by atoms with Crippen molar-refractivity contribution in [2.24, 2.45) is 16.8 Å². The Morgan fingerprint density at radius 2 is 1.63 bits per heavy atom. The number of hydrogen-bond acceptors (Lipinski definition) is 3. The average Bonchev–Trinajstić information content (AvgIpc) is 3.84. The lowest BCUT2D eigenvalue weighted by molar-refractivity contribution is 0.552. The fourth-order valence-electron chi connectivity index (χ4n) is 11.5. The second-order valence-electron chi connectivity index (χ2n) is 18.3. The molecule has 63 heavy (non-hydrogen) atoms. The Balaban J connectivity index is 0.923. The molecule has 3 aromatic carbocycles. The normalized spacial score (nSPS) is 22.9. The Morgan fingerprint density at radius 1 is 0.762 bits per heavy atom. The molecule has 2 heterocycles. The number of nitrogens with one attached hydrogen (secondary N) is 1. The van der Waals surface area contributed by atoms with E-state index in [0.717, 1.165) is 64.3 Å². The largest absolute Gasteiger partial charge is 0.317 e. The van der Waals surface area contributed by atoms with Gasteiger partial charge in [-0.1, -0.05) is 134 Å². The van der Waals surface area contributed by atoms with Crippen molar-refractivity contribution in [3.05, 3.63) is 230 Å². The molecule has 0 saturated carbocycles. The van der Waals surface area contributed by atoms with Crippen LogP contribution < -0.4 is 10.2 Å². The third-order valence-electron chi connectivity index (χ3n) is 14.6. The first kappa shape index (κ1) is 38.2. The van der Waals surface area contributed by atoms with Crippen molar-refractivity contribution in [2.45, 2.75) is 76.4 Å². The maximum Gasteiger partial charge on any atom is 0.127 e. The molecule has 0 fully saturated rings. The Labute approximate surface area is 372 Å². The zero-order valence-corrected chi connectivity index (χ0v) is 36.0. The molecule has 1 N–H and O–H groups in total. The van der Waals surface area contributed by atoms with Crippen molar-refractivity contribution in [3.63, 3.8) is 0 Å². The lowest BCUT2D eigenvalue weighted by Gasteiger charge is -2.32. The Morgan fingerprint density at radius 3 is 2.57 bits per heavy atom. The standard InChI is InChI=1S/C59H54N4/c1-3-17-40(18-4-1)38-60-59(61-39-45-23-9-10-24-48(45)41-19-5-2-6-20-41)51-27-13-16-30-56(51)63-55-29-15-12-26-50(55)53-35-46-33-47(32-31-44(46)37-58(53)63)62-54-28-14-11-25-49(54)52-34-42-21-7-8-22-43(42)36-57(52)62/h1-3,5-10,12-14,16-17,19,21-24,26-28,30-34,37-38,41,43,53,59,61H,4,11,15,18,20,25,29,35-36,39H2. The minimum atomic E-state index is -0.234. The number of allylic oxidation sites excluding steroid dienone is 18. The highest BCUT2D eigenvalue weighted by atomic mass is 15.2. The van der Waals surface area contributed by atoms with Gasteiger partial charge in [0.25, 0.3) is 0 Å². The maximum absolute atomic E-state index is 5.41. The molecule has 4 unspecified atom stereocenters. The first-order chi connectivity index (χ1) is 31.2. The number of fused-ring (bicyclic) bond motifs is 7. The van der Waals surface area contributed by atoms with Crippen molar-refractivity contribution in [1.29, 1.82) is 0 Å². The number of anilines is 1. The van der Waals surface area contributed by atoms with E-state index in [-0.39, 0.29) is 6.17 Å². The van der Waals surface area contributed by atoms with E-state index in [1.165, 1.54) is 89.8 Å². The zero-order chi connectivity index (χ0) is 41.7. The van der Waals surface area contributed by atoms with Crippen molar-refractivity contribution >= 4 is 30.1 Å². The summed E-state index contributed by atoms with van der Waals surface area (Å²) in [5, 5.41) is 3.99. The highest BCUT2D eigenvalue weighted by molar-refractivity contribution is 5.81. The summed E-state index contributed by atoms with van der Waals surface area (Å²) in [6.45, 7) is 0.729. The average molecular weight is 819 g/mol. The SMILES string of the molecule is C1=CCCC(C=NC(NCc2ccccc2C2C=CC=CC2)c2ccccc2N2C3=Cc4ccc(-n5c6c(c7c5CC5C=CC=CC5=C7)CCC=C6)cc4CC3C3=C2CCC=C3)=C1. The van der Waals surface area contributed by atoms with Gasteiger partial charge in [-0.05, 0) is 144 Å². The van der Waals surface area contributed by atoms with E-state index in [9.17, 15) is 0 Å². The molecule has 4 aromatic rings. The number of nitrogens with zero attached hydrogens (tertiary/aromatic N) is 3. The maximum atomic E-state index is 5.41. The van der Waals surface area contributed by atoms with Gasteiger partial charge in [-0.2, -0.15) is 0 Å². The van der Waals surface area contributed by atoms with Crippen LogP contribution in [0.15, 0.2) is 185 Å². The summed E-state index contributed by atoms with van der Waals surface area (Å²) in [6, 6.07) is 25.3. The lowest BCUT2D eigenvalue weighted by atomic mass is 9.82. The summed E-state index contributed by atoms with van der Waals surface area (Å²) < 4.78 is 2.61. The predicted octanol–water partition coefficient (Wildman–Crippen LogP) is 13.5. The molecule has 1 aromatic heterocycles. The van der Waals surface area contributed by atoms with Gasteiger partial charge in [-0.3, -0.25) is 10.3 Å². The minimum absolute atomic E-state index is 0.234. The van der Waals surface area contributed by atoms with Crippen LogP contribution in [0.2, 0.25) is 0 Å². The van der Waals surface area contributed by atoms with Gasteiger partial charge >= 0.3 is 0 Å². The molecular weight excluding hydrogens is 765 g/mol. The van der Waals surface area contributed by atoms with E-state index in [0.29, 0.717) is 17.8 Å². The van der Waals surface area contributed by atoms with E-state index in [4.69, 9.17) is 4.99 Å². The summed E-state index contributed by atoms with van der Waals surface area (Å²) in [5.74, 6) is 1.12. The summed E-state index contributed by atoms with van der Waals surface area (Å²) in [4.78, 5) is 8.05. The van der Waals surface area contributed by atoms with Gasteiger partial charge in [0.2, 0.25) is 0 Å². The summed E-state index contributed by atoms with van der Waals surface area (Å²) in [5.41, 5.74) is 22.0. The molecule has 0 bridgehead atoms. The summed E-state index contributed by atoms with van der Waals surface area (Å²) in [6.07, 6.45) is 50.6. The molecule has 4 atom stereocenters. The molecule has 0 amide bonds. The van der Waals surface area contributed by atoms with Crippen LogP contribution in [0.4, 0.5) is 5.69 Å². The molecule has 0 radical (unpaired) electrons. The Kier molecular flexibility index (Phi) is 9.90. The topological polar surface area (TPSA) is 32.6 Å². The third kappa shape index (κ3) is 6.92. The third-order valence-corrected chi connectivity index (χ3v) is 14.6. The van der Waals surface area contributed by atoms with Crippen LogP contribution >= 0.6 is 0 Å². The van der Waals surface area contributed by atoms with Gasteiger partial charge in [-0.15, -0.1) is 0 Å². The first-order valence-electron chi connectivity index (χ1n) is 23.4. The van der Waals surface area contributed by atoms with Gasteiger partial charge in [0.1, 0.15) is 6.17 Å². The monoisotopic (exact) mass is 818 g/mol. The predicted molar refractivity (Wildman–Crippen MR) is 263 cm³/mol. The smallest absolute Gasteiger partial charge is 0.127 e. The highest BCUT2D eigenvalue weighted by Gasteiger charge is 2.40. The highest BCUT2D eigenvalue weighted by Crippen LogP contribution is 2.51. The minimum Gasteiger partial charge on any atom is -0.317 e. The van der Waals surface area contributed by atoms with E-state index in [1.54, 1.807) is 0 Å². The van der Waals surface area contributed by atoms with Gasteiger partial charge in [-0.25, -0.2) is 0 Å². The van der Waals surface area contributed by atoms with Crippen molar-refractivity contribution in [3.8, 4) is 5.69 Å². The number of rotatable bonds is 9. The van der Waals surface area contributed by atoms with E-state index >= 15 is 0 Å². The van der Waals surface area contributed by atoms with E-state index < -0.39 is 0 Å². The van der Waals surface area contributed by atoms with Crippen LogP contribution in [-0.2, 0) is 25.8 Å². The summed E-state index contributed by atoms with van der Waals surface area (Å²) >= 11 is 0. The molecule has 7 aliphatic carbocycles.